The van der Waals surface area contributed by atoms with Gasteiger partial charge in [-0.15, -0.1) is 0 Å². The van der Waals surface area contributed by atoms with Crippen LogP contribution in [0.3, 0.4) is 0 Å². The fourth-order valence-electron chi connectivity index (χ4n) is 2.96. The molecule has 0 atom stereocenters. The van der Waals surface area contributed by atoms with Gasteiger partial charge in [-0.1, -0.05) is 60.7 Å². The third-order valence-electron chi connectivity index (χ3n) is 4.39. The van der Waals surface area contributed by atoms with E-state index in [4.69, 9.17) is 23.9 Å². The predicted octanol–water partition coefficient (Wildman–Crippen LogP) is 3.90. The van der Waals surface area contributed by atoms with Gasteiger partial charge in [0.1, 0.15) is 12.4 Å². The maximum Gasteiger partial charge on any atom is 0.259 e. The van der Waals surface area contributed by atoms with Crippen LogP contribution in [0.4, 0.5) is 5.82 Å². The average molecular weight is 511 g/mol. The van der Waals surface area contributed by atoms with Gasteiger partial charge in [0.25, 0.3) is 5.91 Å². The highest BCUT2D eigenvalue weighted by Crippen LogP contribution is 2.30. The number of carbonyl (C=O) groups excluding carboxylic acids is 1. The van der Waals surface area contributed by atoms with E-state index < -0.39 is 80.2 Å². The number of sulfonamides is 1. The first-order chi connectivity index (χ1) is 22.3. The maximum atomic E-state index is 12.2. The summed E-state index contributed by atoms with van der Waals surface area (Å²) in [6.07, 6.45) is -4.15. The summed E-state index contributed by atoms with van der Waals surface area (Å²) in [6.45, 7) is -14.7. The SMILES string of the molecule is [2H]C([2H])(OCCCC([2H])([2H])N(c1cnc(-c2ccccc2)c(-c2ccccc2)n1)C([2H])(C([2H])([2H])[2H])C([2H])([2H])[2H])C(=O)NS(=O)(=O)C([2H])([2H])[2H]. The number of amides is 1. The van der Waals surface area contributed by atoms with Gasteiger partial charge in [-0.2, -0.15) is 0 Å². The molecule has 0 unspecified atom stereocenters. The maximum absolute atomic E-state index is 12.2. The number of aromatic nitrogens is 2. The molecule has 0 saturated heterocycles. The Morgan fingerprint density at radius 3 is 2.37 bits per heavy atom. The minimum atomic E-state index is -5.29. The molecule has 8 nitrogen and oxygen atoms in total. The molecule has 2 aromatic carbocycles. The van der Waals surface area contributed by atoms with Crippen molar-refractivity contribution in [2.75, 3.05) is 30.7 Å². The fraction of sp³-hybridized carbons (Fsp3) is 0.346. The topological polar surface area (TPSA) is 101 Å². The van der Waals surface area contributed by atoms with Crippen LogP contribution >= 0.6 is 0 Å². The Hall–Kier alpha value is -3.30. The third kappa shape index (κ3) is 8.15. The predicted molar refractivity (Wildman–Crippen MR) is 138 cm³/mol. The Bertz CT molecular complexity index is 1710. The monoisotopic (exact) mass is 510 g/mol. The fourth-order valence-corrected chi connectivity index (χ4v) is 3.25. The van der Waals surface area contributed by atoms with Crippen LogP contribution in [-0.4, -0.2) is 56.2 Å². The molecule has 0 aliphatic rings. The number of nitrogens with zero attached hydrogens (tertiary/aromatic N) is 3. The molecule has 0 radical (unpaired) electrons. The Labute approximate surface area is 227 Å². The van der Waals surface area contributed by atoms with E-state index in [1.165, 1.54) is 0 Å². The zero-order valence-electron chi connectivity index (χ0n) is 32.4. The second kappa shape index (κ2) is 12.4. The molecule has 3 rings (SSSR count). The van der Waals surface area contributed by atoms with E-state index in [9.17, 15) is 13.2 Å². The Kier molecular flexibility index (Phi) is 4.66. The van der Waals surface area contributed by atoms with Crippen molar-refractivity contribution >= 4 is 21.7 Å². The first-order valence-electron chi connectivity index (χ1n) is 17.3. The van der Waals surface area contributed by atoms with Gasteiger partial charge in [-0.25, -0.2) is 13.4 Å². The first kappa shape index (κ1) is 13.1. The van der Waals surface area contributed by atoms with Crippen molar-refractivity contribution in [3.8, 4) is 22.5 Å². The minimum Gasteiger partial charge on any atom is -0.372 e. The van der Waals surface area contributed by atoms with Crippen molar-refractivity contribution in [3.05, 3.63) is 66.9 Å². The molecule has 0 aliphatic heterocycles. The van der Waals surface area contributed by atoms with Gasteiger partial charge in [0.05, 0.1) is 27.9 Å². The van der Waals surface area contributed by atoms with Crippen LogP contribution < -0.4 is 9.62 Å². The summed E-state index contributed by atoms with van der Waals surface area (Å²) < 4.78 is 141. The number of anilines is 1. The Balaban J connectivity index is 2.06. The highest BCUT2D eigenvalue weighted by molar-refractivity contribution is 7.89. The van der Waals surface area contributed by atoms with Crippen LogP contribution in [0.15, 0.2) is 66.9 Å². The van der Waals surface area contributed by atoms with Gasteiger partial charge in [0, 0.05) is 45.3 Å². The lowest BCUT2D eigenvalue weighted by molar-refractivity contribution is -0.123. The molecule has 1 heterocycles. The van der Waals surface area contributed by atoms with Gasteiger partial charge in [-0.05, 0) is 26.5 Å². The van der Waals surface area contributed by atoms with Crippen LogP contribution in [0.25, 0.3) is 22.5 Å². The lowest BCUT2D eigenvalue weighted by atomic mass is 10.0. The van der Waals surface area contributed by atoms with Crippen LogP contribution in [0.2, 0.25) is 0 Å². The molecule has 1 amide bonds. The van der Waals surface area contributed by atoms with Crippen molar-refractivity contribution in [1.82, 2.24) is 14.7 Å². The number of hydrogen-bond acceptors (Lipinski definition) is 7. The summed E-state index contributed by atoms with van der Waals surface area (Å²) in [7, 11) is -5.29. The second-order valence-corrected chi connectivity index (χ2v) is 8.20. The lowest BCUT2D eigenvalue weighted by Crippen LogP contribution is -2.33. The molecular formula is C26H32N4O4S. The van der Waals surface area contributed by atoms with Gasteiger partial charge in [0.15, 0.2) is 0 Å². The van der Waals surface area contributed by atoms with Crippen LogP contribution in [-0.2, 0) is 19.6 Å². The smallest absolute Gasteiger partial charge is 0.259 e. The average Bonchev–Trinajstić information content (AvgIpc) is 2.98. The highest BCUT2D eigenvalue weighted by Gasteiger charge is 2.17. The van der Waals surface area contributed by atoms with Crippen molar-refractivity contribution < 1.29 is 37.1 Å². The summed E-state index contributed by atoms with van der Waals surface area (Å²) >= 11 is 0. The van der Waals surface area contributed by atoms with Crippen molar-refractivity contribution in [1.29, 1.82) is 0 Å². The molecule has 9 heteroatoms. The molecule has 1 aromatic heterocycles. The van der Waals surface area contributed by atoms with Gasteiger partial charge in [-0.3, -0.25) is 14.5 Å². The van der Waals surface area contributed by atoms with E-state index in [2.05, 4.69) is 9.97 Å². The number of rotatable bonds is 12. The van der Waals surface area contributed by atoms with E-state index in [0.29, 0.717) is 11.1 Å². The normalized spacial score (nSPS) is 19.5. The molecule has 186 valence electrons. The Morgan fingerprint density at radius 2 is 1.74 bits per heavy atom. The van der Waals surface area contributed by atoms with Crippen LogP contribution in [0.1, 0.15) is 45.7 Å². The van der Waals surface area contributed by atoms with E-state index in [1.807, 2.05) is 0 Å². The highest BCUT2D eigenvalue weighted by atomic mass is 32.2. The molecule has 0 fully saturated rings. The van der Waals surface area contributed by atoms with E-state index in [0.717, 1.165) is 10.9 Å². The molecule has 0 bridgehead atoms. The standard InChI is InChI=1S/C26H32N4O4S/c1-20(2)30(16-10-11-17-34-19-24(31)29-35(3,32)33)23-18-27-25(21-12-6-4-7-13-21)26(28-23)22-14-8-5-9-15-22/h4-9,12-15,18,20H,10-11,16-17,19H2,1-3H3,(H,29,31)/i1D3,2D3,3D3,16D2,19D2,20D. The molecule has 1 N–H and O–H groups in total. The number of nitrogens with one attached hydrogen (secondary N) is 1. The van der Waals surface area contributed by atoms with Gasteiger partial charge >= 0.3 is 0 Å². The number of benzene rings is 2. The van der Waals surface area contributed by atoms with Gasteiger partial charge < -0.3 is 9.64 Å². The summed E-state index contributed by atoms with van der Waals surface area (Å²) in [5.41, 5.74) is 1.41. The van der Waals surface area contributed by atoms with Gasteiger partial charge in [0.2, 0.25) is 10.0 Å². The minimum absolute atomic E-state index is 0.109. The van der Waals surface area contributed by atoms with Crippen molar-refractivity contribution in [2.24, 2.45) is 0 Å². The number of ether oxygens (including phenoxy) is 1. The molecule has 0 spiro atoms. The second-order valence-electron chi connectivity index (χ2n) is 6.99. The first-order valence-corrected chi connectivity index (χ1v) is 11.7. The largest absolute Gasteiger partial charge is 0.372 e. The quantitative estimate of drug-likeness (QED) is 0.369. The summed E-state index contributed by atoms with van der Waals surface area (Å²) in [6, 6.07) is 13.3. The molecule has 0 saturated carbocycles. The zero-order chi connectivity index (χ0) is 37.3. The zero-order valence-corrected chi connectivity index (χ0v) is 19.2. The van der Waals surface area contributed by atoms with E-state index in [-0.39, 0.29) is 16.3 Å². The van der Waals surface area contributed by atoms with E-state index >= 15 is 0 Å². The van der Waals surface area contributed by atoms with Crippen molar-refractivity contribution in [3.63, 3.8) is 0 Å². The van der Waals surface area contributed by atoms with Crippen LogP contribution in [0, 0.1) is 0 Å². The lowest BCUT2D eigenvalue weighted by Gasteiger charge is -2.28. The molecule has 35 heavy (non-hydrogen) atoms. The third-order valence-corrected chi connectivity index (χ3v) is 4.85. The van der Waals surface area contributed by atoms with E-state index in [1.54, 1.807) is 60.7 Å². The molecular weight excluding hydrogens is 464 g/mol. The van der Waals surface area contributed by atoms with Crippen LogP contribution in [0.5, 0.6) is 0 Å². The number of hydrogen-bond donors (Lipinski definition) is 1. The molecule has 3 aromatic rings. The summed E-state index contributed by atoms with van der Waals surface area (Å²) in [5, 5.41) is 0. The molecule has 0 aliphatic carbocycles. The number of carbonyl (C=O) groups is 1. The summed E-state index contributed by atoms with van der Waals surface area (Å²) in [4.78, 5) is 21.2. The Morgan fingerprint density at radius 1 is 1.09 bits per heavy atom. The van der Waals surface area contributed by atoms with Crippen molar-refractivity contribution in [2.45, 2.75) is 32.6 Å². The summed E-state index contributed by atoms with van der Waals surface area (Å²) in [5.74, 6) is -2.61.